The van der Waals surface area contributed by atoms with E-state index in [1.165, 1.54) is 0 Å². The highest BCUT2D eigenvalue weighted by Crippen LogP contribution is 2.33. The van der Waals surface area contributed by atoms with Crippen molar-refractivity contribution >= 4 is 17.5 Å². The first-order chi connectivity index (χ1) is 20.7. The number of hydrogen-bond acceptors (Lipinski definition) is 5. The molecule has 0 saturated heterocycles. The van der Waals surface area contributed by atoms with E-state index in [0.29, 0.717) is 36.1 Å². The van der Waals surface area contributed by atoms with Crippen LogP contribution in [0.5, 0.6) is 0 Å². The van der Waals surface area contributed by atoms with Crippen LogP contribution in [-0.4, -0.2) is 25.8 Å². The Hall–Kier alpha value is -5.49. The Balaban J connectivity index is 1.59. The highest BCUT2D eigenvalue weighted by molar-refractivity contribution is 6.00. The van der Waals surface area contributed by atoms with Crippen LogP contribution in [0, 0.1) is 0 Å². The first kappa shape index (κ1) is 26.7. The summed E-state index contributed by atoms with van der Waals surface area (Å²) in [6, 6.07) is 43.2. The minimum absolute atomic E-state index is 0.106. The molecule has 0 bridgehead atoms. The van der Waals surface area contributed by atoms with Gasteiger partial charge in [-0.15, -0.1) is 0 Å². The average molecular weight is 548 g/mol. The smallest absolute Gasteiger partial charge is 0.233 e. The van der Waals surface area contributed by atoms with Crippen LogP contribution in [0.1, 0.15) is 19.8 Å². The van der Waals surface area contributed by atoms with Crippen molar-refractivity contribution in [3.8, 4) is 45.3 Å². The van der Waals surface area contributed by atoms with Crippen LogP contribution < -0.4 is 4.90 Å². The average Bonchev–Trinajstić information content (AvgIpc) is 3.06. The monoisotopic (exact) mass is 547 g/mol. The predicted molar refractivity (Wildman–Crippen MR) is 168 cm³/mol. The molecular formula is C36H29N5O. The lowest BCUT2D eigenvalue weighted by Crippen LogP contribution is -2.28. The quantitative estimate of drug-likeness (QED) is 0.191. The molecule has 0 atom stereocenters. The van der Waals surface area contributed by atoms with Gasteiger partial charge in [-0.1, -0.05) is 128 Å². The molecule has 0 spiro atoms. The number of carbonyl (C=O) groups is 1. The third kappa shape index (κ3) is 5.83. The van der Waals surface area contributed by atoms with Crippen molar-refractivity contribution in [3.63, 3.8) is 0 Å². The van der Waals surface area contributed by atoms with Gasteiger partial charge >= 0.3 is 0 Å². The van der Waals surface area contributed by atoms with Gasteiger partial charge in [0, 0.05) is 40.8 Å². The fraction of sp³-hybridized carbons (Fsp3) is 0.0833. The molecule has 1 amide bonds. The third-order valence-corrected chi connectivity index (χ3v) is 6.80. The lowest BCUT2D eigenvalue weighted by molar-refractivity contribution is -0.118. The van der Waals surface area contributed by atoms with Gasteiger partial charge in [-0.25, -0.2) is 24.8 Å². The number of nitrogens with zero attached hydrogens (tertiary/aromatic N) is 5. The summed E-state index contributed by atoms with van der Waals surface area (Å²) < 4.78 is 0. The van der Waals surface area contributed by atoms with Gasteiger partial charge in [0.05, 0.1) is 11.4 Å². The number of carbonyl (C=O) groups excluding carboxylic acids is 1. The first-order valence-electron chi connectivity index (χ1n) is 14.0. The summed E-state index contributed by atoms with van der Waals surface area (Å²) >= 11 is 0. The number of anilines is 2. The van der Waals surface area contributed by atoms with Crippen molar-refractivity contribution in [2.45, 2.75) is 19.8 Å². The topological polar surface area (TPSA) is 71.9 Å². The summed E-state index contributed by atoms with van der Waals surface area (Å²) in [5.41, 5.74) is 5.01. The molecular weight excluding hydrogens is 518 g/mol. The van der Waals surface area contributed by atoms with Gasteiger partial charge in [-0.3, -0.25) is 4.79 Å². The van der Waals surface area contributed by atoms with Gasteiger partial charge in [0.1, 0.15) is 11.6 Å². The SMILES string of the molecule is CCCC(=O)N(c1cc(-c2ccccc2)nc(-c2ccccc2)n1)c1cc(-c2ccccc2)nc(-c2ccccc2)n1. The number of amides is 1. The van der Waals surface area contributed by atoms with E-state index in [0.717, 1.165) is 33.6 Å². The van der Waals surface area contributed by atoms with Crippen molar-refractivity contribution in [1.29, 1.82) is 0 Å². The zero-order chi connectivity index (χ0) is 28.7. The summed E-state index contributed by atoms with van der Waals surface area (Å²) in [5.74, 6) is 1.87. The standard InChI is InChI=1S/C36H29N5O/c1-2-15-34(42)41(32-24-30(26-16-7-3-8-17-26)37-35(39-32)28-20-11-5-12-21-28)33-25-31(27-18-9-4-10-19-27)38-36(40-33)29-22-13-6-14-23-29/h3-14,16-25H,2,15H2,1H3. The molecule has 204 valence electrons. The molecule has 0 radical (unpaired) electrons. The Morgan fingerprint density at radius 1 is 0.524 bits per heavy atom. The van der Waals surface area contributed by atoms with Crippen LogP contribution in [0.15, 0.2) is 133 Å². The molecule has 0 unspecified atom stereocenters. The van der Waals surface area contributed by atoms with Crippen LogP contribution in [0.3, 0.4) is 0 Å². The molecule has 6 aromatic rings. The van der Waals surface area contributed by atoms with Crippen molar-refractivity contribution in [1.82, 2.24) is 19.9 Å². The van der Waals surface area contributed by atoms with Gasteiger partial charge < -0.3 is 0 Å². The zero-order valence-electron chi connectivity index (χ0n) is 23.3. The predicted octanol–water partition coefficient (Wildman–Crippen LogP) is 8.40. The van der Waals surface area contributed by atoms with Crippen molar-refractivity contribution in [2.24, 2.45) is 0 Å². The molecule has 0 aliphatic rings. The molecule has 0 fully saturated rings. The number of aromatic nitrogens is 4. The molecule has 6 heteroatoms. The lowest BCUT2D eigenvalue weighted by Gasteiger charge is -2.23. The van der Waals surface area contributed by atoms with E-state index in [4.69, 9.17) is 19.9 Å². The van der Waals surface area contributed by atoms with Crippen LogP contribution in [0.25, 0.3) is 45.3 Å². The van der Waals surface area contributed by atoms with E-state index < -0.39 is 0 Å². The molecule has 6 nitrogen and oxygen atoms in total. The first-order valence-corrected chi connectivity index (χ1v) is 14.0. The Morgan fingerprint density at radius 3 is 1.24 bits per heavy atom. The van der Waals surface area contributed by atoms with E-state index in [9.17, 15) is 4.79 Å². The van der Waals surface area contributed by atoms with Crippen molar-refractivity contribution in [3.05, 3.63) is 133 Å². The number of hydrogen-bond donors (Lipinski definition) is 0. The molecule has 0 aliphatic heterocycles. The molecule has 0 N–H and O–H groups in total. The van der Waals surface area contributed by atoms with E-state index in [-0.39, 0.29) is 5.91 Å². The minimum Gasteiger partial charge on any atom is -0.274 e. The third-order valence-electron chi connectivity index (χ3n) is 6.80. The minimum atomic E-state index is -0.106. The van der Waals surface area contributed by atoms with E-state index in [1.54, 1.807) is 4.90 Å². The highest BCUT2D eigenvalue weighted by atomic mass is 16.2. The van der Waals surface area contributed by atoms with Crippen LogP contribution >= 0.6 is 0 Å². The molecule has 42 heavy (non-hydrogen) atoms. The maximum absolute atomic E-state index is 13.9. The molecule has 6 rings (SSSR count). The summed E-state index contributed by atoms with van der Waals surface area (Å²) in [7, 11) is 0. The Morgan fingerprint density at radius 2 is 0.881 bits per heavy atom. The Labute approximate surface area is 245 Å². The number of rotatable bonds is 8. The maximum atomic E-state index is 13.9. The second-order valence-corrected chi connectivity index (χ2v) is 9.81. The van der Waals surface area contributed by atoms with Gasteiger partial charge in [0.15, 0.2) is 11.6 Å². The van der Waals surface area contributed by atoms with E-state index in [1.807, 2.05) is 140 Å². The molecule has 4 aromatic carbocycles. The number of benzene rings is 4. The fourth-order valence-corrected chi connectivity index (χ4v) is 4.74. The van der Waals surface area contributed by atoms with Gasteiger partial charge in [0.25, 0.3) is 0 Å². The van der Waals surface area contributed by atoms with E-state index >= 15 is 0 Å². The van der Waals surface area contributed by atoms with Gasteiger partial charge in [-0.05, 0) is 6.42 Å². The zero-order valence-corrected chi connectivity index (χ0v) is 23.3. The lowest BCUT2D eigenvalue weighted by atomic mass is 10.1. The summed E-state index contributed by atoms with van der Waals surface area (Å²) in [6.45, 7) is 1.99. The molecule has 0 saturated carbocycles. The second-order valence-electron chi connectivity index (χ2n) is 9.81. The molecule has 2 aromatic heterocycles. The van der Waals surface area contributed by atoms with Crippen molar-refractivity contribution in [2.75, 3.05) is 4.90 Å². The normalized spacial score (nSPS) is 10.8. The highest BCUT2D eigenvalue weighted by Gasteiger charge is 2.24. The summed E-state index contributed by atoms with van der Waals surface area (Å²) in [5, 5.41) is 0. The summed E-state index contributed by atoms with van der Waals surface area (Å²) in [4.78, 5) is 35.3. The van der Waals surface area contributed by atoms with Crippen LogP contribution in [0.4, 0.5) is 11.6 Å². The summed E-state index contributed by atoms with van der Waals surface area (Å²) in [6.07, 6.45) is 1.01. The largest absolute Gasteiger partial charge is 0.274 e. The van der Waals surface area contributed by atoms with E-state index in [2.05, 4.69) is 0 Å². The Bertz CT molecular complexity index is 1550. The fourth-order valence-electron chi connectivity index (χ4n) is 4.74. The maximum Gasteiger partial charge on any atom is 0.233 e. The van der Waals surface area contributed by atoms with Crippen LogP contribution in [-0.2, 0) is 4.79 Å². The van der Waals surface area contributed by atoms with Crippen molar-refractivity contribution < 1.29 is 4.79 Å². The van der Waals surface area contributed by atoms with Gasteiger partial charge in [0.2, 0.25) is 5.91 Å². The molecule has 2 heterocycles. The Kier molecular flexibility index (Phi) is 7.86. The molecule has 0 aliphatic carbocycles. The van der Waals surface area contributed by atoms with Gasteiger partial charge in [-0.2, -0.15) is 0 Å². The van der Waals surface area contributed by atoms with Crippen LogP contribution in [0.2, 0.25) is 0 Å². The second kappa shape index (κ2) is 12.4.